The van der Waals surface area contributed by atoms with Crippen molar-refractivity contribution >= 4 is 17.3 Å². The number of piperidine rings is 1. The highest BCUT2D eigenvalue weighted by molar-refractivity contribution is 6.07. The molecule has 2 aliphatic rings. The molecule has 200 valence electrons. The number of nitrogens with zero attached hydrogens (tertiary/aromatic N) is 2. The average molecular weight is 529 g/mol. The fourth-order valence-electron chi connectivity index (χ4n) is 5.58. The number of aryl methyl sites for hydroxylation is 1. The summed E-state index contributed by atoms with van der Waals surface area (Å²) in [5.41, 5.74) is 6.98. The van der Waals surface area contributed by atoms with Crippen LogP contribution in [0.5, 0.6) is 5.75 Å². The Kier molecular flexibility index (Phi) is 7.00. The summed E-state index contributed by atoms with van der Waals surface area (Å²) < 4.78 is 64.5. The second-order valence-corrected chi connectivity index (χ2v) is 10.0. The summed E-state index contributed by atoms with van der Waals surface area (Å²) in [6.07, 6.45) is 4.95. The van der Waals surface area contributed by atoms with Crippen LogP contribution >= 0.6 is 0 Å². The van der Waals surface area contributed by atoms with Gasteiger partial charge in [0.2, 0.25) is 0 Å². The number of pyridine rings is 1. The number of nitrogens with two attached hydrogens (primary N) is 1. The number of hydrogen-bond acceptors (Lipinski definition) is 5. The van der Waals surface area contributed by atoms with E-state index in [1.165, 1.54) is 13.3 Å². The molecule has 0 bridgehead atoms. The van der Waals surface area contributed by atoms with E-state index in [1.807, 2.05) is 0 Å². The number of halogens is 4. The van der Waals surface area contributed by atoms with Crippen molar-refractivity contribution in [2.75, 3.05) is 30.4 Å². The monoisotopic (exact) mass is 528 g/mol. The van der Waals surface area contributed by atoms with Gasteiger partial charge in [-0.3, -0.25) is 9.78 Å². The molecule has 6 nitrogen and oxygen atoms in total. The van der Waals surface area contributed by atoms with Crippen LogP contribution in [0.25, 0.3) is 11.1 Å². The maximum atomic E-state index is 15.6. The van der Waals surface area contributed by atoms with Gasteiger partial charge in [-0.05, 0) is 49.3 Å². The molecular weight excluding hydrogens is 500 g/mol. The van der Waals surface area contributed by atoms with Gasteiger partial charge in [0, 0.05) is 37.0 Å². The number of carbonyl (C=O) groups excluding carboxylic acids is 1. The van der Waals surface area contributed by atoms with Crippen molar-refractivity contribution in [2.24, 2.45) is 11.7 Å². The predicted molar refractivity (Wildman–Crippen MR) is 136 cm³/mol. The first-order valence-corrected chi connectivity index (χ1v) is 12.5. The molecule has 0 unspecified atom stereocenters. The highest BCUT2D eigenvalue weighted by Gasteiger charge is 2.31. The summed E-state index contributed by atoms with van der Waals surface area (Å²) in [4.78, 5) is 19.9. The van der Waals surface area contributed by atoms with Crippen LogP contribution in [0.3, 0.4) is 0 Å². The van der Waals surface area contributed by atoms with Crippen molar-refractivity contribution in [1.29, 1.82) is 0 Å². The van der Waals surface area contributed by atoms with Gasteiger partial charge in [0.15, 0.2) is 0 Å². The zero-order valence-electron chi connectivity index (χ0n) is 21.1. The number of amides is 1. The van der Waals surface area contributed by atoms with Gasteiger partial charge in [-0.15, -0.1) is 0 Å². The Morgan fingerprint density at radius 3 is 2.50 bits per heavy atom. The Bertz CT molecular complexity index is 1380. The van der Waals surface area contributed by atoms with Gasteiger partial charge in [-0.25, -0.2) is 17.6 Å². The van der Waals surface area contributed by atoms with Crippen LogP contribution in [-0.4, -0.2) is 37.1 Å². The average Bonchev–Trinajstić information content (AvgIpc) is 3.33. The van der Waals surface area contributed by atoms with Crippen LogP contribution in [0.15, 0.2) is 30.5 Å². The number of benzene rings is 2. The van der Waals surface area contributed by atoms with E-state index in [0.717, 1.165) is 73.4 Å². The van der Waals surface area contributed by atoms with Crippen LogP contribution < -0.4 is 20.7 Å². The summed E-state index contributed by atoms with van der Waals surface area (Å²) >= 11 is 0. The maximum Gasteiger partial charge on any atom is 0.258 e. The Balaban J connectivity index is 1.54. The fourth-order valence-corrected chi connectivity index (χ4v) is 5.58. The van der Waals surface area contributed by atoms with E-state index < -0.39 is 45.9 Å². The number of carbonyl (C=O) groups is 1. The second-order valence-electron chi connectivity index (χ2n) is 10.0. The second kappa shape index (κ2) is 10.2. The first-order chi connectivity index (χ1) is 18.2. The number of anilines is 2. The molecule has 1 fully saturated rings. The summed E-state index contributed by atoms with van der Waals surface area (Å²) in [5, 5.41) is 2.72. The molecule has 0 saturated carbocycles. The molecule has 1 aliphatic heterocycles. The normalized spacial score (nSPS) is 18.9. The van der Waals surface area contributed by atoms with E-state index in [2.05, 4.69) is 22.1 Å². The van der Waals surface area contributed by atoms with E-state index in [0.29, 0.717) is 18.2 Å². The first-order valence-electron chi connectivity index (χ1n) is 12.5. The number of rotatable bonds is 5. The minimum Gasteiger partial charge on any atom is -0.497 e. The number of ether oxygens (including phenoxy) is 1. The van der Waals surface area contributed by atoms with Gasteiger partial charge in [-0.2, -0.15) is 0 Å². The first kappa shape index (κ1) is 26.0. The molecule has 10 heteroatoms. The number of nitrogens with one attached hydrogen (secondary N) is 1. The van der Waals surface area contributed by atoms with E-state index in [1.54, 1.807) is 0 Å². The van der Waals surface area contributed by atoms with Crippen LogP contribution in [0.1, 0.15) is 41.4 Å². The molecule has 0 radical (unpaired) electrons. The largest absolute Gasteiger partial charge is 0.497 e. The van der Waals surface area contributed by atoms with Gasteiger partial charge in [0.25, 0.3) is 5.91 Å². The molecule has 3 aromatic rings. The van der Waals surface area contributed by atoms with E-state index >= 15 is 4.39 Å². The molecule has 3 N–H and O–H groups in total. The van der Waals surface area contributed by atoms with Crippen molar-refractivity contribution in [3.8, 4) is 16.9 Å². The molecule has 2 heterocycles. The Hall–Kier alpha value is -3.66. The van der Waals surface area contributed by atoms with Crippen molar-refractivity contribution < 1.29 is 27.1 Å². The Labute approximate surface area is 217 Å². The van der Waals surface area contributed by atoms with Crippen molar-refractivity contribution in [1.82, 2.24) is 4.98 Å². The fraction of sp³-hybridized carbons (Fsp3) is 0.357. The minimum atomic E-state index is -1.38. The molecule has 1 saturated heterocycles. The van der Waals surface area contributed by atoms with Crippen LogP contribution in [0, 0.1) is 29.2 Å². The molecule has 1 amide bonds. The maximum absolute atomic E-state index is 15.6. The third-order valence-electron chi connectivity index (χ3n) is 7.17. The number of fused-ring (bicyclic) bond motifs is 1. The molecule has 38 heavy (non-hydrogen) atoms. The summed E-state index contributed by atoms with van der Waals surface area (Å²) in [6.45, 7) is 3.44. The lowest BCUT2D eigenvalue weighted by Crippen LogP contribution is -2.47. The molecule has 1 aliphatic carbocycles. The number of hydrogen-bond donors (Lipinski definition) is 2. The summed E-state index contributed by atoms with van der Waals surface area (Å²) in [7, 11) is 1.21. The smallest absolute Gasteiger partial charge is 0.258 e. The Morgan fingerprint density at radius 2 is 1.82 bits per heavy atom. The lowest BCUT2D eigenvalue weighted by molar-refractivity contribution is 0.102. The van der Waals surface area contributed by atoms with Crippen molar-refractivity contribution in [2.45, 2.75) is 38.6 Å². The van der Waals surface area contributed by atoms with E-state index in [-0.39, 0.29) is 11.8 Å². The highest BCUT2D eigenvalue weighted by atomic mass is 19.1. The van der Waals surface area contributed by atoms with Gasteiger partial charge < -0.3 is 20.7 Å². The minimum absolute atomic E-state index is 0.0427. The van der Waals surface area contributed by atoms with Crippen LogP contribution in [0.4, 0.5) is 28.9 Å². The third kappa shape index (κ3) is 4.69. The van der Waals surface area contributed by atoms with E-state index in [4.69, 9.17) is 10.5 Å². The molecule has 2 atom stereocenters. The van der Waals surface area contributed by atoms with Gasteiger partial charge in [0.05, 0.1) is 41.4 Å². The quantitative estimate of drug-likeness (QED) is 0.444. The summed E-state index contributed by atoms with van der Waals surface area (Å²) in [5.74, 6) is -5.75. The zero-order valence-corrected chi connectivity index (χ0v) is 21.1. The molecule has 2 aromatic carbocycles. The third-order valence-corrected chi connectivity index (χ3v) is 7.17. The summed E-state index contributed by atoms with van der Waals surface area (Å²) in [6, 6.07) is 3.35. The van der Waals surface area contributed by atoms with Crippen molar-refractivity contribution in [3.63, 3.8) is 0 Å². The highest BCUT2D eigenvalue weighted by Crippen LogP contribution is 2.39. The molecular formula is C28H28F4N4O2. The zero-order chi connectivity index (χ0) is 27.1. The lowest BCUT2D eigenvalue weighted by Gasteiger charge is -2.38. The molecule has 0 spiro atoms. The number of aromatic nitrogens is 1. The van der Waals surface area contributed by atoms with Crippen LogP contribution in [0.2, 0.25) is 0 Å². The molecule has 5 rings (SSSR count). The van der Waals surface area contributed by atoms with Crippen LogP contribution in [-0.2, 0) is 12.8 Å². The van der Waals surface area contributed by atoms with E-state index in [9.17, 15) is 18.0 Å². The van der Waals surface area contributed by atoms with Gasteiger partial charge in [-0.1, -0.05) is 6.92 Å². The Morgan fingerprint density at radius 1 is 1.08 bits per heavy atom. The SMILES string of the molecule is COc1cc(F)c(-c2c(F)ccc(C(=O)Nc3cnc4c(c3N3C[C@H](C)C[C@H](N)C3)CCC4)c2F)c(F)c1. The number of methoxy groups -OCH3 is 1. The predicted octanol–water partition coefficient (Wildman–Crippen LogP) is 5.23. The topological polar surface area (TPSA) is 80.5 Å². The lowest BCUT2D eigenvalue weighted by atomic mass is 9.95. The van der Waals surface area contributed by atoms with Gasteiger partial charge >= 0.3 is 0 Å². The standard InChI is InChI=1S/C28H28F4N4O2/c1-14-8-15(33)13-36(12-14)27-17-4-3-5-22(17)34-11-23(27)35-28(37)18-6-7-19(29)25(26(18)32)24-20(30)9-16(38-2)10-21(24)31/h6-7,9-11,14-15H,3-5,8,12-13,33H2,1-2H3,(H,35,37)/t14-,15+/m1/s1. The van der Waals surface area contributed by atoms with Crippen molar-refractivity contribution in [3.05, 3.63) is 70.6 Å². The van der Waals surface area contributed by atoms with Gasteiger partial charge in [0.1, 0.15) is 29.0 Å². The molecule has 1 aromatic heterocycles.